The van der Waals surface area contributed by atoms with Crippen LogP contribution in [0.5, 0.6) is 0 Å². The fraction of sp³-hybridized carbons (Fsp3) is 0.158. The van der Waals surface area contributed by atoms with Crippen LogP contribution in [0.2, 0.25) is 0 Å². The summed E-state index contributed by atoms with van der Waals surface area (Å²) in [5, 5.41) is 15.1. The maximum absolute atomic E-state index is 11.9. The third-order valence-corrected chi connectivity index (χ3v) is 3.07. The van der Waals surface area contributed by atoms with Gasteiger partial charge in [-0.05, 0) is 49.8 Å². The number of rotatable bonds is 5. The van der Waals surface area contributed by atoms with Crippen LogP contribution in [0, 0.1) is 11.3 Å². The van der Waals surface area contributed by atoms with E-state index in [4.69, 9.17) is 5.26 Å². The largest absolute Gasteiger partial charge is 0.356 e. The molecule has 0 radical (unpaired) electrons. The van der Waals surface area contributed by atoms with Crippen molar-refractivity contribution < 1.29 is 4.79 Å². The van der Waals surface area contributed by atoms with Crippen LogP contribution >= 0.6 is 0 Å². The van der Waals surface area contributed by atoms with Crippen LogP contribution in [0.1, 0.15) is 19.4 Å². The van der Waals surface area contributed by atoms with Crippen LogP contribution in [-0.2, 0) is 4.79 Å². The van der Waals surface area contributed by atoms with Crippen molar-refractivity contribution in [3.8, 4) is 6.07 Å². The van der Waals surface area contributed by atoms with E-state index in [-0.39, 0.29) is 17.5 Å². The number of hydrogen-bond acceptors (Lipinski definition) is 3. The Kier molecular flexibility index (Phi) is 5.54. The summed E-state index contributed by atoms with van der Waals surface area (Å²) in [7, 11) is 0. The van der Waals surface area contributed by atoms with E-state index >= 15 is 0 Å². The van der Waals surface area contributed by atoms with E-state index in [1.165, 1.54) is 0 Å². The Labute approximate surface area is 136 Å². The van der Waals surface area contributed by atoms with Crippen LogP contribution in [-0.4, -0.2) is 11.9 Å². The number of nitrogens with one attached hydrogen (secondary N) is 2. The molecule has 2 aromatic carbocycles. The number of hydrogen-bond donors (Lipinski definition) is 2. The summed E-state index contributed by atoms with van der Waals surface area (Å²) < 4.78 is 0. The standard InChI is InChI=1S/C19H19N3O/c1-14(2)21-19(23)16(13-20)12-15-8-10-18(11-9-15)22-17-6-4-3-5-7-17/h3-12,14,22H,1-2H3,(H,21,23)/b16-12+. The van der Waals surface area contributed by atoms with Gasteiger partial charge in [-0.2, -0.15) is 5.26 Å². The van der Waals surface area contributed by atoms with Gasteiger partial charge in [0, 0.05) is 17.4 Å². The summed E-state index contributed by atoms with van der Waals surface area (Å²) >= 11 is 0. The lowest BCUT2D eigenvalue weighted by atomic mass is 10.1. The maximum atomic E-state index is 11.9. The van der Waals surface area contributed by atoms with Crippen molar-refractivity contribution >= 4 is 23.4 Å². The molecular weight excluding hydrogens is 286 g/mol. The molecule has 0 heterocycles. The Balaban J connectivity index is 2.11. The topological polar surface area (TPSA) is 64.9 Å². The number of carbonyl (C=O) groups excluding carboxylic acids is 1. The van der Waals surface area contributed by atoms with Gasteiger partial charge in [0.25, 0.3) is 5.91 Å². The van der Waals surface area contributed by atoms with Gasteiger partial charge in [-0.25, -0.2) is 0 Å². The number of anilines is 2. The predicted octanol–water partition coefficient (Wildman–Crippen LogP) is 3.86. The smallest absolute Gasteiger partial charge is 0.262 e. The zero-order valence-electron chi connectivity index (χ0n) is 13.2. The minimum absolute atomic E-state index is 0.00306. The lowest BCUT2D eigenvalue weighted by molar-refractivity contribution is -0.117. The van der Waals surface area contributed by atoms with Gasteiger partial charge in [0.05, 0.1) is 0 Å². The monoisotopic (exact) mass is 305 g/mol. The van der Waals surface area contributed by atoms with Crippen molar-refractivity contribution in [2.45, 2.75) is 19.9 Å². The third kappa shape index (κ3) is 5.01. The molecule has 2 aromatic rings. The van der Waals surface area contributed by atoms with Crippen LogP contribution in [0.3, 0.4) is 0 Å². The average molecular weight is 305 g/mol. The second-order valence-electron chi connectivity index (χ2n) is 5.41. The molecule has 0 aliphatic carbocycles. The molecule has 0 aliphatic rings. The predicted molar refractivity (Wildman–Crippen MR) is 93.0 cm³/mol. The van der Waals surface area contributed by atoms with Crippen molar-refractivity contribution in [3.63, 3.8) is 0 Å². The van der Waals surface area contributed by atoms with Gasteiger partial charge in [-0.3, -0.25) is 4.79 Å². The Hall–Kier alpha value is -3.06. The van der Waals surface area contributed by atoms with Gasteiger partial charge in [0.1, 0.15) is 11.6 Å². The molecule has 1 amide bonds. The second-order valence-corrected chi connectivity index (χ2v) is 5.41. The molecule has 0 saturated carbocycles. The van der Waals surface area contributed by atoms with E-state index in [0.717, 1.165) is 16.9 Å². The number of carbonyl (C=O) groups is 1. The van der Waals surface area contributed by atoms with Crippen LogP contribution < -0.4 is 10.6 Å². The summed E-state index contributed by atoms with van der Waals surface area (Å²) in [6.07, 6.45) is 1.59. The highest BCUT2D eigenvalue weighted by Crippen LogP contribution is 2.17. The molecule has 0 atom stereocenters. The number of para-hydroxylation sites is 1. The summed E-state index contributed by atoms with van der Waals surface area (Å²) in [6, 6.07) is 19.4. The molecule has 4 nitrogen and oxygen atoms in total. The van der Waals surface area contributed by atoms with E-state index in [1.54, 1.807) is 6.08 Å². The minimum Gasteiger partial charge on any atom is -0.356 e. The quantitative estimate of drug-likeness (QED) is 0.651. The van der Waals surface area contributed by atoms with Crippen molar-refractivity contribution in [2.24, 2.45) is 0 Å². The lowest BCUT2D eigenvalue weighted by Gasteiger charge is -2.08. The molecule has 0 unspecified atom stereocenters. The first-order valence-electron chi connectivity index (χ1n) is 7.43. The minimum atomic E-state index is -0.353. The van der Waals surface area contributed by atoms with Crippen LogP contribution in [0.25, 0.3) is 6.08 Å². The van der Waals surface area contributed by atoms with Crippen molar-refractivity contribution in [3.05, 3.63) is 65.7 Å². The summed E-state index contributed by atoms with van der Waals surface area (Å²) in [6.45, 7) is 3.72. The van der Waals surface area contributed by atoms with Crippen LogP contribution in [0.4, 0.5) is 11.4 Å². The second kappa shape index (κ2) is 7.81. The van der Waals surface area contributed by atoms with E-state index < -0.39 is 0 Å². The molecule has 23 heavy (non-hydrogen) atoms. The van der Waals surface area contributed by atoms with Gasteiger partial charge in [-0.15, -0.1) is 0 Å². The lowest BCUT2D eigenvalue weighted by Crippen LogP contribution is -2.30. The summed E-state index contributed by atoms with van der Waals surface area (Å²) in [5.41, 5.74) is 2.85. The molecule has 0 spiro atoms. The Morgan fingerprint density at radius 1 is 1.04 bits per heavy atom. The summed E-state index contributed by atoms with van der Waals surface area (Å²) in [5.74, 6) is -0.353. The van der Waals surface area contributed by atoms with Crippen LogP contribution in [0.15, 0.2) is 60.2 Å². The SMILES string of the molecule is CC(C)NC(=O)/C(C#N)=C/c1ccc(Nc2ccccc2)cc1. The van der Waals surface area contributed by atoms with Gasteiger partial charge < -0.3 is 10.6 Å². The first-order valence-corrected chi connectivity index (χ1v) is 7.43. The molecule has 0 bridgehead atoms. The normalized spacial score (nSPS) is 11.0. The Morgan fingerprint density at radius 2 is 1.65 bits per heavy atom. The van der Waals surface area contributed by atoms with Crippen molar-refractivity contribution in [1.82, 2.24) is 5.32 Å². The Morgan fingerprint density at radius 3 is 2.22 bits per heavy atom. The molecule has 0 fully saturated rings. The Bertz CT molecular complexity index is 725. The molecule has 4 heteroatoms. The zero-order chi connectivity index (χ0) is 16.7. The molecular formula is C19H19N3O. The molecule has 0 saturated heterocycles. The van der Waals surface area contributed by atoms with E-state index in [1.807, 2.05) is 74.5 Å². The average Bonchev–Trinajstić information content (AvgIpc) is 2.54. The maximum Gasteiger partial charge on any atom is 0.262 e. The summed E-state index contributed by atoms with van der Waals surface area (Å²) in [4.78, 5) is 11.9. The van der Waals surface area contributed by atoms with Crippen molar-refractivity contribution in [2.75, 3.05) is 5.32 Å². The molecule has 0 aromatic heterocycles. The number of nitrogens with zero attached hydrogens (tertiary/aromatic N) is 1. The van der Waals surface area contributed by atoms with E-state index in [2.05, 4.69) is 10.6 Å². The molecule has 2 rings (SSSR count). The molecule has 0 aliphatic heterocycles. The fourth-order valence-corrected chi connectivity index (χ4v) is 2.01. The third-order valence-electron chi connectivity index (χ3n) is 3.07. The number of amides is 1. The highest BCUT2D eigenvalue weighted by molar-refractivity contribution is 6.01. The first kappa shape index (κ1) is 16.3. The highest BCUT2D eigenvalue weighted by Gasteiger charge is 2.09. The first-order chi connectivity index (χ1) is 11.1. The van der Waals surface area contributed by atoms with E-state index in [9.17, 15) is 4.79 Å². The number of benzene rings is 2. The zero-order valence-corrected chi connectivity index (χ0v) is 13.2. The molecule has 116 valence electrons. The van der Waals surface area contributed by atoms with Gasteiger partial charge >= 0.3 is 0 Å². The van der Waals surface area contributed by atoms with Gasteiger partial charge in [-0.1, -0.05) is 30.3 Å². The van der Waals surface area contributed by atoms with E-state index in [0.29, 0.717) is 0 Å². The molecule has 2 N–H and O–H groups in total. The highest BCUT2D eigenvalue weighted by atomic mass is 16.1. The van der Waals surface area contributed by atoms with Crippen molar-refractivity contribution in [1.29, 1.82) is 5.26 Å². The fourth-order valence-electron chi connectivity index (χ4n) is 2.01. The number of nitriles is 1. The van der Waals surface area contributed by atoms with Gasteiger partial charge in [0.15, 0.2) is 0 Å². The van der Waals surface area contributed by atoms with Gasteiger partial charge in [0.2, 0.25) is 0 Å².